The van der Waals surface area contributed by atoms with Gasteiger partial charge in [-0.05, 0) is 19.4 Å². The Morgan fingerprint density at radius 1 is 1.31 bits per heavy atom. The van der Waals surface area contributed by atoms with E-state index in [0.29, 0.717) is 12.2 Å². The molecule has 0 aliphatic rings. The van der Waals surface area contributed by atoms with Gasteiger partial charge in [0.2, 0.25) is 0 Å². The fourth-order valence-corrected chi connectivity index (χ4v) is 0.472. The van der Waals surface area contributed by atoms with Crippen LogP contribution in [0.15, 0.2) is 24.5 Å². The summed E-state index contributed by atoms with van der Waals surface area (Å²) in [6.07, 6.45) is 4.67. The van der Waals surface area contributed by atoms with Gasteiger partial charge in [-0.25, -0.2) is 0 Å². The Bertz CT molecular complexity index is 109. The molecule has 0 N–H and O–H groups in total. The van der Waals surface area contributed by atoms with Gasteiger partial charge in [-0.1, -0.05) is 33.8 Å². The fourth-order valence-electron chi connectivity index (χ4n) is 0.472. The average Bonchev–Trinajstić information content (AvgIpc) is 2.25. The van der Waals surface area contributed by atoms with Crippen LogP contribution in [0.1, 0.15) is 47.5 Å². The van der Waals surface area contributed by atoms with E-state index >= 15 is 0 Å². The Morgan fingerprint density at radius 3 is 2.00 bits per heavy atom. The van der Waals surface area contributed by atoms with E-state index in [0.717, 1.165) is 6.42 Å². The van der Waals surface area contributed by atoms with Crippen molar-refractivity contribution in [3.8, 4) is 0 Å². The van der Waals surface area contributed by atoms with Crippen molar-refractivity contribution in [2.45, 2.75) is 47.5 Å². The van der Waals surface area contributed by atoms with Crippen molar-refractivity contribution in [2.24, 2.45) is 0 Å². The van der Waals surface area contributed by atoms with E-state index in [-0.39, 0.29) is 0 Å². The summed E-state index contributed by atoms with van der Waals surface area (Å²) in [5.74, 6) is 0.370. The number of allylic oxidation sites excluding steroid dienone is 3. The maximum atomic E-state index is 11.4. The standard InChI is InChI=1S/C7H11FO.2C2H6/c1-3-5-6-7(4-2)9-8;2*1-2/h3-4H,1,5-6H2,2H3;2*1-2H3/b7-4+;;. The quantitative estimate of drug-likeness (QED) is 0.456. The van der Waals surface area contributed by atoms with Crippen molar-refractivity contribution in [1.29, 1.82) is 0 Å². The molecule has 0 heterocycles. The van der Waals surface area contributed by atoms with Crippen LogP contribution >= 0.6 is 0 Å². The zero-order valence-electron chi connectivity index (χ0n) is 9.56. The molecule has 0 saturated heterocycles. The minimum absolute atomic E-state index is 0.370. The van der Waals surface area contributed by atoms with Crippen LogP contribution in [0.3, 0.4) is 0 Å². The third-order valence-electron chi connectivity index (χ3n) is 1.02. The Labute approximate surface area is 82.2 Å². The molecular weight excluding hydrogens is 167 g/mol. The smallest absolute Gasteiger partial charge is 0.145 e. The number of hydrogen-bond donors (Lipinski definition) is 0. The summed E-state index contributed by atoms with van der Waals surface area (Å²) >= 11 is 0. The predicted molar refractivity (Wildman–Crippen MR) is 58.1 cm³/mol. The van der Waals surface area contributed by atoms with Crippen LogP contribution in [0.2, 0.25) is 0 Å². The Kier molecular flexibility index (Phi) is 31.3. The first kappa shape index (κ1) is 18.1. The Hall–Kier alpha value is -0.790. The SMILES string of the molecule is C=CCC/C(=C\C)OF.CC.CC. The van der Waals surface area contributed by atoms with E-state index in [2.05, 4.69) is 11.5 Å². The van der Waals surface area contributed by atoms with Crippen molar-refractivity contribution >= 4 is 0 Å². The van der Waals surface area contributed by atoms with Gasteiger partial charge >= 0.3 is 0 Å². The first-order valence-corrected chi connectivity index (χ1v) is 4.89. The van der Waals surface area contributed by atoms with Crippen molar-refractivity contribution < 1.29 is 9.47 Å². The molecule has 0 aromatic heterocycles. The van der Waals surface area contributed by atoms with Gasteiger partial charge < -0.3 is 0 Å². The van der Waals surface area contributed by atoms with Gasteiger partial charge in [0.15, 0.2) is 0 Å². The van der Waals surface area contributed by atoms with Crippen LogP contribution < -0.4 is 0 Å². The second-order valence-electron chi connectivity index (χ2n) is 1.66. The molecule has 0 aromatic carbocycles. The number of halogens is 1. The van der Waals surface area contributed by atoms with E-state index in [1.807, 2.05) is 27.7 Å². The molecule has 0 radical (unpaired) electrons. The first-order valence-electron chi connectivity index (χ1n) is 4.89. The van der Waals surface area contributed by atoms with Crippen LogP contribution in [-0.4, -0.2) is 0 Å². The van der Waals surface area contributed by atoms with Crippen LogP contribution in [0, 0.1) is 0 Å². The summed E-state index contributed by atoms with van der Waals surface area (Å²) in [6, 6.07) is 0. The lowest BCUT2D eigenvalue weighted by Crippen LogP contribution is -1.80. The van der Waals surface area contributed by atoms with Gasteiger partial charge in [0.05, 0.1) is 0 Å². The van der Waals surface area contributed by atoms with Gasteiger partial charge in [0.25, 0.3) is 0 Å². The summed E-state index contributed by atoms with van der Waals surface area (Å²) < 4.78 is 11.4. The number of hydrogen-bond acceptors (Lipinski definition) is 1. The molecule has 0 atom stereocenters. The van der Waals surface area contributed by atoms with Gasteiger partial charge in [-0.15, -0.1) is 6.58 Å². The normalized spacial score (nSPS) is 8.62. The van der Waals surface area contributed by atoms with E-state index in [4.69, 9.17) is 0 Å². The van der Waals surface area contributed by atoms with Gasteiger partial charge in [-0.2, -0.15) is 0 Å². The molecule has 2 heteroatoms. The molecule has 0 rings (SSSR count). The third kappa shape index (κ3) is 18.3. The molecule has 0 amide bonds. The van der Waals surface area contributed by atoms with Crippen molar-refractivity contribution in [3.05, 3.63) is 24.5 Å². The number of rotatable bonds is 4. The van der Waals surface area contributed by atoms with Gasteiger partial charge in [0.1, 0.15) is 5.76 Å². The highest BCUT2D eigenvalue weighted by atomic mass is 19.3. The average molecular weight is 190 g/mol. The molecule has 80 valence electrons. The van der Waals surface area contributed by atoms with E-state index in [1.54, 1.807) is 19.1 Å². The monoisotopic (exact) mass is 190 g/mol. The second kappa shape index (κ2) is 22.5. The maximum absolute atomic E-state index is 11.4. The van der Waals surface area contributed by atoms with E-state index in [9.17, 15) is 4.53 Å². The molecule has 0 unspecified atom stereocenters. The summed E-state index contributed by atoms with van der Waals surface area (Å²) in [6.45, 7) is 13.2. The molecule has 0 fully saturated rings. The summed E-state index contributed by atoms with van der Waals surface area (Å²) in [4.78, 5) is 3.51. The third-order valence-corrected chi connectivity index (χ3v) is 1.02. The van der Waals surface area contributed by atoms with Crippen molar-refractivity contribution in [2.75, 3.05) is 0 Å². The maximum Gasteiger partial charge on any atom is 0.145 e. The molecule has 13 heavy (non-hydrogen) atoms. The van der Waals surface area contributed by atoms with Crippen LogP contribution in [0.25, 0.3) is 0 Å². The second-order valence-corrected chi connectivity index (χ2v) is 1.66. The molecule has 0 saturated carbocycles. The topological polar surface area (TPSA) is 9.23 Å². The minimum Gasteiger partial charge on any atom is -0.299 e. The van der Waals surface area contributed by atoms with Crippen LogP contribution in [0.5, 0.6) is 0 Å². The van der Waals surface area contributed by atoms with Gasteiger partial charge in [-0.3, -0.25) is 4.94 Å². The highest BCUT2D eigenvalue weighted by Crippen LogP contribution is 2.06. The summed E-state index contributed by atoms with van der Waals surface area (Å²) in [5.41, 5.74) is 0. The van der Waals surface area contributed by atoms with Crippen molar-refractivity contribution in [1.82, 2.24) is 0 Å². The lowest BCUT2D eigenvalue weighted by atomic mass is 10.2. The van der Waals surface area contributed by atoms with Gasteiger partial charge in [0, 0.05) is 10.9 Å². The minimum atomic E-state index is 0.370. The molecule has 0 aliphatic carbocycles. The van der Waals surface area contributed by atoms with Crippen LogP contribution in [-0.2, 0) is 4.94 Å². The molecule has 1 nitrogen and oxygen atoms in total. The van der Waals surface area contributed by atoms with Crippen LogP contribution in [0.4, 0.5) is 4.53 Å². The molecular formula is C11H23FO. The lowest BCUT2D eigenvalue weighted by molar-refractivity contribution is -0.0868. The molecule has 0 aliphatic heterocycles. The van der Waals surface area contributed by atoms with Crippen molar-refractivity contribution in [3.63, 3.8) is 0 Å². The zero-order valence-corrected chi connectivity index (χ0v) is 9.56. The fraction of sp³-hybridized carbons (Fsp3) is 0.636. The lowest BCUT2D eigenvalue weighted by Gasteiger charge is -1.94. The zero-order chi connectivity index (χ0) is 11.1. The summed E-state index contributed by atoms with van der Waals surface area (Å²) in [5, 5.41) is 0. The predicted octanol–water partition coefficient (Wildman–Crippen LogP) is 4.81. The highest BCUT2D eigenvalue weighted by Gasteiger charge is 1.92. The molecule has 0 aromatic rings. The van der Waals surface area contributed by atoms with E-state index < -0.39 is 0 Å². The Morgan fingerprint density at radius 2 is 1.77 bits per heavy atom. The molecule has 0 bridgehead atoms. The largest absolute Gasteiger partial charge is 0.299 e. The molecule has 0 spiro atoms. The van der Waals surface area contributed by atoms with E-state index in [1.165, 1.54) is 0 Å². The summed E-state index contributed by atoms with van der Waals surface area (Å²) in [7, 11) is 0. The Balaban J connectivity index is -0.000000218. The highest BCUT2D eigenvalue weighted by molar-refractivity contribution is 4.90. The first-order chi connectivity index (χ1) is 6.35.